The van der Waals surface area contributed by atoms with Gasteiger partial charge in [0.15, 0.2) is 17.4 Å². The number of ketones is 1. The van der Waals surface area contributed by atoms with E-state index in [1.165, 1.54) is 0 Å². The quantitative estimate of drug-likeness (QED) is 0.654. The lowest BCUT2D eigenvalue weighted by Gasteiger charge is -2.04. The van der Waals surface area contributed by atoms with Gasteiger partial charge < -0.3 is 10.1 Å². The van der Waals surface area contributed by atoms with Crippen LogP contribution in [0.2, 0.25) is 0 Å². The Balaban J connectivity index is 1.89. The van der Waals surface area contributed by atoms with Crippen molar-refractivity contribution in [2.75, 3.05) is 7.11 Å². The Kier molecular flexibility index (Phi) is 5.78. The minimum absolute atomic E-state index is 0.0342. The van der Waals surface area contributed by atoms with Crippen molar-refractivity contribution in [3.8, 4) is 5.75 Å². The molecule has 0 saturated heterocycles. The zero-order chi connectivity index (χ0) is 17.5. The van der Waals surface area contributed by atoms with E-state index in [2.05, 4.69) is 5.32 Å². The molecule has 0 heterocycles. The van der Waals surface area contributed by atoms with Gasteiger partial charge in [-0.1, -0.05) is 12.1 Å². The van der Waals surface area contributed by atoms with E-state index in [-0.39, 0.29) is 12.1 Å². The van der Waals surface area contributed by atoms with Gasteiger partial charge in [-0.3, -0.25) is 9.59 Å². The first-order valence-corrected chi connectivity index (χ1v) is 7.08. The molecule has 0 bridgehead atoms. The number of carbonyl (C=O) groups is 2. The van der Waals surface area contributed by atoms with E-state index < -0.39 is 23.3 Å². The second-order valence-electron chi connectivity index (χ2n) is 4.89. The summed E-state index contributed by atoms with van der Waals surface area (Å²) < 4.78 is 30.9. The SMILES string of the molecule is COc1ccc(CNC(=O)/C=C/C(=O)c2ccc(F)c(F)c2)cc1. The van der Waals surface area contributed by atoms with Gasteiger partial charge in [0.25, 0.3) is 0 Å². The highest BCUT2D eigenvalue weighted by molar-refractivity contribution is 6.07. The normalized spacial score (nSPS) is 10.6. The van der Waals surface area contributed by atoms with E-state index in [0.717, 1.165) is 35.9 Å². The van der Waals surface area contributed by atoms with Crippen molar-refractivity contribution in [1.82, 2.24) is 5.32 Å². The minimum atomic E-state index is -1.11. The average Bonchev–Trinajstić information content (AvgIpc) is 2.60. The molecule has 0 spiro atoms. The van der Waals surface area contributed by atoms with Gasteiger partial charge in [-0.25, -0.2) is 8.78 Å². The second kappa shape index (κ2) is 8.01. The lowest BCUT2D eigenvalue weighted by Crippen LogP contribution is -2.20. The fraction of sp³-hybridized carbons (Fsp3) is 0.111. The number of hydrogen-bond donors (Lipinski definition) is 1. The molecule has 0 aliphatic heterocycles. The molecule has 24 heavy (non-hydrogen) atoms. The van der Waals surface area contributed by atoms with Crippen LogP contribution in [-0.4, -0.2) is 18.8 Å². The minimum Gasteiger partial charge on any atom is -0.497 e. The summed E-state index contributed by atoms with van der Waals surface area (Å²) in [6.45, 7) is 0.284. The molecule has 4 nitrogen and oxygen atoms in total. The fourth-order valence-corrected chi connectivity index (χ4v) is 1.89. The molecule has 1 amide bonds. The maximum absolute atomic E-state index is 13.1. The van der Waals surface area contributed by atoms with Crippen LogP contribution in [0.25, 0.3) is 0 Å². The van der Waals surface area contributed by atoms with Crippen molar-refractivity contribution in [2.24, 2.45) is 0 Å². The van der Waals surface area contributed by atoms with Crippen LogP contribution in [0.4, 0.5) is 8.78 Å². The molecular weight excluding hydrogens is 316 g/mol. The van der Waals surface area contributed by atoms with E-state index in [0.29, 0.717) is 5.75 Å². The first-order valence-electron chi connectivity index (χ1n) is 7.08. The van der Waals surface area contributed by atoms with E-state index in [4.69, 9.17) is 4.74 Å². The summed E-state index contributed by atoms with van der Waals surface area (Å²) >= 11 is 0. The van der Waals surface area contributed by atoms with Crippen LogP contribution in [0.3, 0.4) is 0 Å². The zero-order valence-corrected chi connectivity index (χ0v) is 12.9. The predicted octanol–water partition coefficient (Wildman–Crippen LogP) is 3.03. The molecule has 2 aromatic carbocycles. The van der Waals surface area contributed by atoms with Crippen molar-refractivity contribution in [2.45, 2.75) is 6.54 Å². The van der Waals surface area contributed by atoms with Gasteiger partial charge in [0.2, 0.25) is 5.91 Å². The Labute approximate surface area is 137 Å². The average molecular weight is 331 g/mol. The molecule has 0 aliphatic rings. The molecule has 2 rings (SSSR count). The molecule has 0 saturated carbocycles. The van der Waals surface area contributed by atoms with Crippen molar-refractivity contribution in [3.05, 3.63) is 77.4 Å². The van der Waals surface area contributed by atoms with Gasteiger partial charge in [-0.2, -0.15) is 0 Å². The molecule has 0 aliphatic carbocycles. The van der Waals surface area contributed by atoms with Gasteiger partial charge >= 0.3 is 0 Å². The van der Waals surface area contributed by atoms with Gasteiger partial charge in [0, 0.05) is 18.2 Å². The summed E-state index contributed by atoms with van der Waals surface area (Å²) in [5.74, 6) is -2.50. The van der Waals surface area contributed by atoms with Crippen LogP contribution in [0.15, 0.2) is 54.6 Å². The first kappa shape index (κ1) is 17.3. The molecule has 0 atom stereocenters. The maximum atomic E-state index is 13.1. The zero-order valence-electron chi connectivity index (χ0n) is 12.9. The van der Waals surface area contributed by atoms with E-state index in [1.807, 2.05) is 0 Å². The molecule has 6 heteroatoms. The molecule has 0 fully saturated rings. The summed E-state index contributed by atoms with van der Waals surface area (Å²) in [5.41, 5.74) is 0.831. The summed E-state index contributed by atoms with van der Waals surface area (Å²) in [5, 5.41) is 2.61. The molecule has 124 valence electrons. The molecule has 0 unspecified atom stereocenters. The Morgan fingerprint density at radius 3 is 2.38 bits per heavy atom. The monoisotopic (exact) mass is 331 g/mol. The molecule has 1 N–H and O–H groups in total. The summed E-state index contributed by atoms with van der Waals surface area (Å²) in [7, 11) is 1.56. The van der Waals surface area contributed by atoms with Crippen molar-refractivity contribution in [1.29, 1.82) is 0 Å². The van der Waals surface area contributed by atoms with Gasteiger partial charge in [-0.15, -0.1) is 0 Å². The maximum Gasteiger partial charge on any atom is 0.244 e. The number of allylic oxidation sites excluding steroid dienone is 1. The van der Waals surface area contributed by atoms with Crippen LogP contribution in [0.1, 0.15) is 15.9 Å². The lowest BCUT2D eigenvalue weighted by atomic mass is 10.1. The Morgan fingerprint density at radius 2 is 1.75 bits per heavy atom. The van der Waals surface area contributed by atoms with Crippen LogP contribution in [0.5, 0.6) is 5.75 Å². The van der Waals surface area contributed by atoms with Crippen LogP contribution < -0.4 is 10.1 Å². The number of nitrogens with one attached hydrogen (secondary N) is 1. The molecule has 0 radical (unpaired) electrons. The number of rotatable bonds is 6. The van der Waals surface area contributed by atoms with E-state index >= 15 is 0 Å². The third kappa shape index (κ3) is 4.74. The van der Waals surface area contributed by atoms with Gasteiger partial charge in [0.1, 0.15) is 5.75 Å². The van der Waals surface area contributed by atoms with Gasteiger partial charge in [-0.05, 0) is 42.0 Å². The topological polar surface area (TPSA) is 55.4 Å². The first-order chi connectivity index (χ1) is 11.5. The predicted molar refractivity (Wildman–Crippen MR) is 84.7 cm³/mol. The number of carbonyl (C=O) groups excluding carboxylic acids is 2. The molecule has 2 aromatic rings. The highest BCUT2D eigenvalue weighted by Crippen LogP contribution is 2.11. The Hall–Kier alpha value is -3.02. The summed E-state index contributed by atoms with van der Waals surface area (Å²) in [6, 6.07) is 9.94. The highest BCUT2D eigenvalue weighted by Gasteiger charge is 2.07. The smallest absolute Gasteiger partial charge is 0.244 e. The number of amides is 1. The largest absolute Gasteiger partial charge is 0.497 e. The number of halogens is 2. The van der Waals surface area contributed by atoms with E-state index in [1.54, 1.807) is 31.4 Å². The standard InChI is InChI=1S/C18H15F2NO3/c1-24-14-5-2-12(3-6-14)11-21-18(23)9-8-17(22)13-4-7-15(19)16(20)10-13/h2-10H,11H2,1H3,(H,21,23)/b9-8+. The van der Waals surface area contributed by atoms with Crippen LogP contribution in [-0.2, 0) is 11.3 Å². The van der Waals surface area contributed by atoms with Crippen LogP contribution >= 0.6 is 0 Å². The van der Waals surface area contributed by atoms with Gasteiger partial charge in [0.05, 0.1) is 7.11 Å². The second-order valence-corrected chi connectivity index (χ2v) is 4.89. The van der Waals surface area contributed by atoms with Crippen molar-refractivity contribution < 1.29 is 23.1 Å². The van der Waals surface area contributed by atoms with E-state index in [9.17, 15) is 18.4 Å². The summed E-state index contributed by atoms with van der Waals surface area (Å²) in [4.78, 5) is 23.5. The van der Waals surface area contributed by atoms with Crippen molar-refractivity contribution in [3.63, 3.8) is 0 Å². The number of hydrogen-bond acceptors (Lipinski definition) is 3. The number of benzene rings is 2. The Bertz CT molecular complexity index is 770. The molecule has 0 aromatic heterocycles. The molecular formula is C18H15F2NO3. The van der Waals surface area contributed by atoms with Crippen molar-refractivity contribution >= 4 is 11.7 Å². The number of ether oxygens (including phenoxy) is 1. The lowest BCUT2D eigenvalue weighted by molar-refractivity contribution is -0.116. The van der Waals surface area contributed by atoms with Crippen LogP contribution in [0, 0.1) is 11.6 Å². The third-order valence-corrected chi connectivity index (χ3v) is 3.22. The highest BCUT2D eigenvalue weighted by atomic mass is 19.2. The Morgan fingerprint density at radius 1 is 1.04 bits per heavy atom. The number of methoxy groups -OCH3 is 1. The third-order valence-electron chi connectivity index (χ3n) is 3.22. The summed E-state index contributed by atoms with van der Waals surface area (Å²) in [6.07, 6.45) is 2.06. The fourth-order valence-electron chi connectivity index (χ4n) is 1.89.